The number of ether oxygens (including phenoxy) is 1. The van der Waals surface area contributed by atoms with E-state index in [0.717, 1.165) is 25.7 Å². The van der Waals surface area contributed by atoms with E-state index in [1.165, 1.54) is 35.6 Å². The first-order chi connectivity index (χ1) is 14.5. The van der Waals surface area contributed by atoms with Crippen LogP contribution in [0.3, 0.4) is 0 Å². The second-order valence-corrected chi connectivity index (χ2v) is 7.32. The maximum absolute atomic E-state index is 12.8. The highest BCUT2D eigenvalue weighted by molar-refractivity contribution is 6.05. The molecule has 2 aromatic rings. The molecule has 0 saturated heterocycles. The van der Waals surface area contributed by atoms with Crippen molar-refractivity contribution in [2.75, 3.05) is 18.6 Å². The smallest absolute Gasteiger partial charge is 0.269 e. The van der Waals surface area contributed by atoms with E-state index in [9.17, 15) is 19.7 Å². The molecule has 30 heavy (non-hydrogen) atoms. The molecule has 1 aliphatic rings. The van der Waals surface area contributed by atoms with Gasteiger partial charge in [-0.3, -0.25) is 19.7 Å². The summed E-state index contributed by atoms with van der Waals surface area (Å²) in [5, 5.41) is 13.8. The Kier molecular flexibility index (Phi) is 7.00. The molecule has 0 radical (unpaired) electrons. The van der Waals surface area contributed by atoms with Gasteiger partial charge in [0.1, 0.15) is 5.75 Å². The van der Waals surface area contributed by atoms with Crippen LogP contribution < -0.4 is 15.0 Å². The number of carbonyl (C=O) groups is 2. The van der Waals surface area contributed by atoms with E-state index in [4.69, 9.17) is 4.74 Å². The Morgan fingerprint density at radius 3 is 2.43 bits per heavy atom. The number of carbonyl (C=O) groups excluding carboxylic acids is 2. The van der Waals surface area contributed by atoms with Gasteiger partial charge < -0.3 is 15.0 Å². The van der Waals surface area contributed by atoms with Crippen LogP contribution in [0.25, 0.3) is 0 Å². The zero-order chi connectivity index (χ0) is 21.5. The minimum absolute atomic E-state index is 0.0521. The lowest BCUT2D eigenvalue weighted by atomic mass is 9.95. The molecule has 0 aromatic heterocycles. The van der Waals surface area contributed by atoms with Crippen LogP contribution >= 0.6 is 0 Å². The van der Waals surface area contributed by atoms with Crippen molar-refractivity contribution in [2.45, 2.75) is 38.1 Å². The van der Waals surface area contributed by atoms with E-state index in [0.29, 0.717) is 17.0 Å². The average molecular weight is 411 g/mol. The van der Waals surface area contributed by atoms with Crippen LogP contribution in [-0.2, 0) is 4.79 Å². The summed E-state index contributed by atoms with van der Waals surface area (Å²) in [7, 11) is 1.59. The van der Waals surface area contributed by atoms with Crippen LogP contribution in [-0.4, -0.2) is 36.4 Å². The molecule has 1 N–H and O–H groups in total. The number of benzene rings is 2. The zero-order valence-electron chi connectivity index (χ0n) is 16.9. The third kappa shape index (κ3) is 5.34. The van der Waals surface area contributed by atoms with Crippen molar-refractivity contribution < 1.29 is 19.2 Å². The van der Waals surface area contributed by atoms with E-state index in [2.05, 4.69) is 5.32 Å². The van der Waals surface area contributed by atoms with E-state index >= 15 is 0 Å². The maximum atomic E-state index is 12.8. The number of nitrogens with zero attached hydrogens (tertiary/aromatic N) is 2. The van der Waals surface area contributed by atoms with Crippen LogP contribution in [0.15, 0.2) is 48.5 Å². The van der Waals surface area contributed by atoms with Crippen molar-refractivity contribution in [2.24, 2.45) is 0 Å². The minimum Gasteiger partial charge on any atom is -0.484 e. The Hall–Kier alpha value is -3.42. The largest absolute Gasteiger partial charge is 0.484 e. The van der Waals surface area contributed by atoms with Gasteiger partial charge in [0.05, 0.1) is 16.2 Å². The van der Waals surface area contributed by atoms with Crippen molar-refractivity contribution in [3.8, 4) is 5.75 Å². The molecule has 1 saturated carbocycles. The minimum atomic E-state index is -0.502. The number of likely N-dealkylation sites (N-methyl/N-ethyl adjacent to an activating group) is 1. The van der Waals surface area contributed by atoms with Crippen molar-refractivity contribution in [1.29, 1.82) is 0 Å². The highest BCUT2D eigenvalue weighted by Gasteiger charge is 2.22. The van der Waals surface area contributed by atoms with Gasteiger partial charge in [-0.25, -0.2) is 0 Å². The number of nitrogens with one attached hydrogen (secondary N) is 1. The number of nitro groups is 1. The van der Waals surface area contributed by atoms with Crippen molar-refractivity contribution in [3.05, 3.63) is 64.2 Å². The molecule has 0 atom stereocenters. The Morgan fingerprint density at radius 1 is 1.10 bits per heavy atom. The SMILES string of the molecule is CN(C(=O)COc1ccc([N+](=O)[O-])cc1)c1ccccc1C(=O)NC1CCCCC1. The summed E-state index contributed by atoms with van der Waals surface area (Å²) in [6.07, 6.45) is 5.39. The monoisotopic (exact) mass is 411 g/mol. The van der Waals surface area contributed by atoms with Crippen LogP contribution in [0, 0.1) is 10.1 Å². The Labute approximate surface area is 175 Å². The van der Waals surface area contributed by atoms with E-state index in [-0.39, 0.29) is 30.2 Å². The molecule has 8 nitrogen and oxygen atoms in total. The van der Waals surface area contributed by atoms with Crippen LogP contribution in [0.1, 0.15) is 42.5 Å². The first-order valence-electron chi connectivity index (χ1n) is 9.99. The summed E-state index contributed by atoms with van der Waals surface area (Å²) in [6.45, 7) is -0.257. The normalized spacial score (nSPS) is 14.0. The van der Waals surface area contributed by atoms with Gasteiger partial charge in [-0.15, -0.1) is 0 Å². The summed E-state index contributed by atoms with van der Waals surface area (Å²) in [6, 6.07) is 12.6. The Balaban J connectivity index is 1.63. The summed E-state index contributed by atoms with van der Waals surface area (Å²) in [5.41, 5.74) is 0.890. The first kappa shape index (κ1) is 21.3. The summed E-state index contributed by atoms with van der Waals surface area (Å²) >= 11 is 0. The van der Waals surface area contributed by atoms with Crippen LogP contribution in [0.2, 0.25) is 0 Å². The number of amides is 2. The second kappa shape index (κ2) is 9.87. The fraction of sp³-hybridized carbons (Fsp3) is 0.364. The molecular formula is C22H25N3O5. The lowest BCUT2D eigenvalue weighted by Gasteiger charge is -2.25. The van der Waals surface area contributed by atoms with Crippen molar-refractivity contribution >= 4 is 23.2 Å². The Morgan fingerprint density at radius 2 is 1.77 bits per heavy atom. The number of non-ortho nitro benzene ring substituents is 1. The maximum Gasteiger partial charge on any atom is 0.269 e. The fourth-order valence-corrected chi connectivity index (χ4v) is 3.51. The quantitative estimate of drug-likeness (QED) is 0.553. The van der Waals surface area contributed by atoms with Gasteiger partial charge in [-0.1, -0.05) is 31.4 Å². The van der Waals surface area contributed by atoms with Gasteiger partial charge in [0, 0.05) is 25.2 Å². The van der Waals surface area contributed by atoms with E-state index in [1.54, 1.807) is 31.3 Å². The molecule has 158 valence electrons. The van der Waals surface area contributed by atoms with Gasteiger partial charge in [0.25, 0.3) is 17.5 Å². The number of rotatable bonds is 7. The first-order valence-corrected chi connectivity index (χ1v) is 9.99. The molecule has 0 unspecified atom stereocenters. The van der Waals surface area contributed by atoms with Crippen LogP contribution in [0.4, 0.5) is 11.4 Å². The fourth-order valence-electron chi connectivity index (χ4n) is 3.51. The van der Waals surface area contributed by atoms with E-state index in [1.807, 2.05) is 0 Å². The second-order valence-electron chi connectivity index (χ2n) is 7.32. The van der Waals surface area contributed by atoms with Gasteiger partial charge in [-0.2, -0.15) is 0 Å². The molecule has 0 heterocycles. The molecule has 2 aromatic carbocycles. The summed E-state index contributed by atoms with van der Waals surface area (Å²) < 4.78 is 5.45. The molecule has 8 heteroatoms. The van der Waals surface area contributed by atoms with Crippen molar-refractivity contribution in [3.63, 3.8) is 0 Å². The highest BCUT2D eigenvalue weighted by atomic mass is 16.6. The van der Waals surface area contributed by atoms with Gasteiger partial charge >= 0.3 is 0 Å². The van der Waals surface area contributed by atoms with Crippen LogP contribution in [0.5, 0.6) is 5.75 Å². The average Bonchev–Trinajstić information content (AvgIpc) is 2.78. The highest BCUT2D eigenvalue weighted by Crippen LogP contribution is 2.23. The lowest BCUT2D eigenvalue weighted by molar-refractivity contribution is -0.384. The third-order valence-electron chi connectivity index (χ3n) is 5.23. The molecule has 1 fully saturated rings. The van der Waals surface area contributed by atoms with E-state index < -0.39 is 4.92 Å². The summed E-state index contributed by atoms with van der Waals surface area (Å²) in [4.78, 5) is 37.0. The van der Waals surface area contributed by atoms with Crippen molar-refractivity contribution in [1.82, 2.24) is 5.32 Å². The summed E-state index contributed by atoms with van der Waals surface area (Å²) in [5.74, 6) is -0.176. The third-order valence-corrected chi connectivity index (χ3v) is 5.23. The molecule has 0 aliphatic heterocycles. The Bertz CT molecular complexity index is 907. The molecule has 1 aliphatic carbocycles. The molecule has 2 amide bonds. The lowest BCUT2D eigenvalue weighted by Crippen LogP contribution is -2.38. The predicted molar refractivity (Wildman–Crippen MR) is 113 cm³/mol. The predicted octanol–water partition coefficient (Wildman–Crippen LogP) is 3.70. The van der Waals surface area contributed by atoms with Gasteiger partial charge in [0.2, 0.25) is 0 Å². The molecule has 3 rings (SSSR count). The standard InChI is InChI=1S/C22H25N3O5/c1-24(21(26)15-30-18-13-11-17(12-14-18)25(28)29)20-10-6-5-9-19(20)22(27)23-16-7-3-2-4-8-16/h5-6,9-14,16H,2-4,7-8,15H2,1H3,(H,23,27). The van der Waals surface area contributed by atoms with Gasteiger partial charge in [0.15, 0.2) is 6.61 Å². The zero-order valence-corrected chi connectivity index (χ0v) is 16.9. The number of anilines is 1. The molecule has 0 spiro atoms. The topological polar surface area (TPSA) is 102 Å². The number of nitro benzene ring substituents is 1. The number of hydrogen-bond acceptors (Lipinski definition) is 5. The molecular weight excluding hydrogens is 386 g/mol. The number of para-hydroxylation sites is 1. The molecule has 0 bridgehead atoms. The van der Waals surface area contributed by atoms with Gasteiger partial charge in [-0.05, 0) is 37.1 Å². The number of hydrogen-bond donors (Lipinski definition) is 1.